The minimum atomic E-state index is -3.05. The number of aromatic nitrogens is 2. The molecule has 0 aliphatic carbocycles. The average molecular weight is 390 g/mol. The molecule has 3 rings (SSSR count). The Kier molecular flexibility index (Phi) is 5.59. The highest BCUT2D eigenvalue weighted by molar-refractivity contribution is 7.91. The molecule has 0 radical (unpaired) electrons. The maximum absolute atomic E-state index is 12.4. The van der Waals surface area contributed by atoms with Crippen molar-refractivity contribution in [1.29, 1.82) is 0 Å². The Morgan fingerprint density at radius 1 is 1.26 bits per heavy atom. The van der Waals surface area contributed by atoms with E-state index in [1.54, 1.807) is 20.1 Å². The second kappa shape index (κ2) is 7.91. The van der Waals surface area contributed by atoms with E-state index in [0.29, 0.717) is 24.6 Å². The zero-order chi connectivity index (χ0) is 19.4. The summed E-state index contributed by atoms with van der Waals surface area (Å²) in [5.41, 5.74) is 1.25. The van der Waals surface area contributed by atoms with E-state index in [2.05, 4.69) is 20.6 Å². The first-order valence-corrected chi connectivity index (χ1v) is 10.4. The van der Waals surface area contributed by atoms with E-state index < -0.39 is 15.7 Å². The van der Waals surface area contributed by atoms with Crippen LogP contribution in [0, 0.1) is 6.92 Å². The summed E-state index contributed by atoms with van der Waals surface area (Å²) in [6.07, 6.45) is 0.431. The number of anilines is 1. The van der Waals surface area contributed by atoms with Crippen molar-refractivity contribution in [3.8, 4) is 5.75 Å². The standard InChI is InChI=1S/C18H22N4O4S/c1-12-20-16(18(23)22-14-7-8-27(24,25)11-14)9-17(21-12)19-10-13-3-5-15(26-2)6-4-13/h3-6,9,14H,7-8,10-11H2,1-2H3,(H,22,23)(H,19,20,21). The van der Waals surface area contributed by atoms with Gasteiger partial charge in [0.25, 0.3) is 5.91 Å². The van der Waals surface area contributed by atoms with Gasteiger partial charge in [-0.1, -0.05) is 12.1 Å². The van der Waals surface area contributed by atoms with Gasteiger partial charge in [0.05, 0.1) is 18.6 Å². The van der Waals surface area contributed by atoms with Crippen LogP contribution in [0.1, 0.15) is 28.3 Å². The van der Waals surface area contributed by atoms with E-state index >= 15 is 0 Å². The van der Waals surface area contributed by atoms with Gasteiger partial charge < -0.3 is 15.4 Å². The molecule has 2 aromatic rings. The molecule has 1 atom stereocenters. The number of ether oxygens (including phenoxy) is 1. The first-order chi connectivity index (χ1) is 12.8. The van der Waals surface area contributed by atoms with Crippen molar-refractivity contribution in [2.24, 2.45) is 0 Å². The number of benzene rings is 1. The number of nitrogens with one attached hydrogen (secondary N) is 2. The summed E-state index contributed by atoms with van der Waals surface area (Å²) in [7, 11) is -1.44. The summed E-state index contributed by atoms with van der Waals surface area (Å²) in [5, 5.41) is 5.92. The normalized spacial score (nSPS) is 18.1. The first kappa shape index (κ1) is 19.1. The molecule has 1 fully saturated rings. The van der Waals surface area contributed by atoms with E-state index in [9.17, 15) is 13.2 Å². The number of amides is 1. The number of methoxy groups -OCH3 is 1. The maximum Gasteiger partial charge on any atom is 0.270 e. The largest absolute Gasteiger partial charge is 0.497 e. The average Bonchev–Trinajstić information content (AvgIpc) is 2.98. The molecule has 0 spiro atoms. The maximum atomic E-state index is 12.4. The summed E-state index contributed by atoms with van der Waals surface area (Å²) in [5.74, 6) is 1.46. The topological polar surface area (TPSA) is 110 Å². The molecular weight excluding hydrogens is 368 g/mol. The zero-order valence-electron chi connectivity index (χ0n) is 15.2. The molecule has 1 unspecified atom stereocenters. The second-order valence-corrected chi connectivity index (χ2v) is 8.69. The fourth-order valence-electron chi connectivity index (χ4n) is 2.88. The quantitative estimate of drug-likeness (QED) is 0.765. The van der Waals surface area contributed by atoms with Crippen LogP contribution in [0.2, 0.25) is 0 Å². The highest BCUT2D eigenvalue weighted by Gasteiger charge is 2.29. The highest BCUT2D eigenvalue weighted by Crippen LogP contribution is 2.15. The summed E-state index contributed by atoms with van der Waals surface area (Å²) < 4.78 is 28.2. The van der Waals surface area contributed by atoms with Crippen molar-refractivity contribution in [2.45, 2.75) is 25.9 Å². The Bertz CT molecular complexity index is 929. The lowest BCUT2D eigenvalue weighted by Gasteiger charge is -2.12. The van der Waals surface area contributed by atoms with Crippen LogP contribution in [0.4, 0.5) is 5.82 Å². The zero-order valence-corrected chi connectivity index (χ0v) is 16.0. The van der Waals surface area contributed by atoms with E-state index in [0.717, 1.165) is 11.3 Å². The minimum Gasteiger partial charge on any atom is -0.497 e. The molecule has 1 aromatic heterocycles. The predicted molar refractivity (Wildman–Crippen MR) is 102 cm³/mol. The number of rotatable bonds is 6. The molecule has 1 aliphatic heterocycles. The second-order valence-electron chi connectivity index (χ2n) is 6.46. The number of aryl methyl sites for hydroxylation is 1. The van der Waals surface area contributed by atoms with Crippen LogP contribution in [0.25, 0.3) is 0 Å². The van der Waals surface area contributed by atoms with Gasteiger partial charge in [0.1, 0.15) is 23.1 Å². The van der Waals surface area contributed by atoms with Crippen molar-refractivity contribution in [3.63, 3.8) is 0 Å². The van der Waals surface area contributed by atoms with Gasteiger partial charge in [-0.25, -0.2) is 18.4 Å². The monoisotopic (exact) mass is 390 g/mol. The molecule has 1 aliphatic rings. The number of hydrogen-bond donors (Lipinski definition) is 2. The number of nitrogens with zero attached hydrogens (tertiary/aromatic N) is 2. The van der Waals surface area contributed by atoms with Gasteiger partial charge in [-0.15, -0.1) is 0 Å². The molecule has 8 nitrogen and oxygen atoms in total. The molecular formula is C18H22N4O4S. The van der Waals surface area contributed by atoms with Crippen molar-refractivity contribution >= 4 is 21.6 Å². The molecule has 0 saturated carbocycles. The van der Waals surface area contributed by atoms with Crippen LogP contribution in [0.5, 0.6) is 5.75 Å². The van der Waals surface area contributed by atoms with Crippen LogP contribution in [-0.4, -0.2) is 49.0 Å². The Morgan fingerprint density at radius 3 is 2.63 bits per heavy atom. The van der Waals surface area contributed by atoms with Crippen molar-refractivity contribution in [2.75, 3.05) is 23.9 Å². The lowest BCUT2D eigenvalue weighted by molar-refractivity contribution is 0.0935. The third-order valence-corrected chi connectivity index (χ3v) is 6.04. The molecule has 144 valence electrons. The van der Waals surface area contributed by atoms with Gasteiger partial charge in [-0.2, -0.15) is 0 Å². The minimum absolute atomic E-state index is 0.0224. The van der Waals surface area contributed by atoms with Crippen LogP contribution < -0.4 is 15.4 Å². The van der Waals surface area contributed by atoms with Crippen LogP contribution in [0.3, 0.4) is 0 Å². The van der Waals surface area contributed by atoms with Gasteiger partial charge in [0.2, 0.25) is 0 Å². The van der Waals surface area contributed by atoms with Crippen LogP contribution in [-0.2, 0) is 16.4 Å². The third kappa shape index (κ3) is 5.16. The molecule has 1 saturated heterocycles. The summed E-state index contributed by atoms with van der Waals surface area (Å²) >= 11 is 0. The SMILES string of the molecule is COc1ccc(CNc2cc(C(=O)NC3CCS(=O)(=O)C3)nc(C)n2)cc1. The van der Waals surface area contributed by atoms with Crippen molar-refractivity contribution in [1.82, 2.24) is 15.3 Å². The van der Waals surface area contributed by atoms with Crippen molar-refractivity contribution in [3.05, 3.63) is 47.4 Å². The number of hydrogen-bond acceptors (Lipinski definition) is 7. The Hall–Kier alpha value is -2.68. The van der Waals surface area contributed by atoms with Gasteiger partial charge in [-0.3, -0.25) is 4.79 Å². The lowest BCUT2D eigenvalue weighted by atomic mass is 10.2. The fraction of sp³-hybridized carbons (Fsp3) is 0.389. The van der Waals surface area contributed by atoms with Gasteiger partial charge in [0, 0.05) is 18.7 Å². The number of carbonyl (C=O) groups excluding carboxylic acids is 1. The Labute approximate surface area is 158 Å². The van der Waals surface area contributed by atoms with Gasteiger partial charge in [-0.05, 0) is 31.0 Å². The molecule has 9 heteroatoms. The Morgan fingerprint density at radius 2 is 2.00 bits per heavy atom. The van der Waals surface area contributed by atoms with Gasteiger partial charge >= 0.3 is 0 Å². The summed E-state index contributed by atoms with van der Waals surface area (Å²) in [4.78, 5) is 20.9. The van der Waals surface area contributed by atoms with Crippen molar-refractivity contribution < 1.29 is 17.9 Å². The molecule has 27 heavy (non-hydrogen) atoms. The molecule has 1 aromatic carbocycles. The molecule has 2 N–H and O–H groups in total. The highest BCUT2D eigenvalue weighted by atomic mass is 32.2. The Balaban J connectivity index is 1.65. The first-order valence-electron chi connectivity index (χ1n) is 8.58. The van der Waals surface area contributed by atoms with Crippen LogP contribution >= 0.6 is 0 Å². The fourth-order valence-corrected chi connectivity index (χ4v) is 4.55. The third-order valence-electron chi connectivity index (χ3n) is 4.27. The predicted octanol–water partition coefficient (Wildman–Crippen LogP) is 1.32. The van der Waals surface area contributed by atoms with Gasteiger partial charge in [0.15, 0.2) is 9.84 Å². The molecule has 2 heterocycles. The smallest absolute Gasteiger partial charge is 0.270 e. The van der Waals surface area contributed by atoms with E-state index in [-0.39, 0.29) is 23.2 Å². The molecule has 0 bridgehead atoms. The number of carbonyl (C=O) groups is 1. The van der Waals surface area contributed by atoms with E-state index in [1.807, 2.05) is 24.3 Å². The molecule has 1 amide bonds. The van der Waals surface area contributed by atoms with E-state index in [4.69, 9.17) is 4.74 Å². The lowest BCUT2D eigenvalue weighted by Crippen LogP contribution is -2.36. The van der Waals surface area contributed by atoms with Crippen LogP contribution in [0.15, 0.2) is 30.3 Å². The summed E-state index contributed by atoms with van der Waals surface area (Å²) in [6, 6.07) is 8.82. The van der Waals surface area contributed by atoms with E-state index in [1.165, 1.54) is 0 Å². The summed E-state index contributed by atoms with van der Waals surface area (Å²) in [6.45, 7) is 2.23. The number of sulfone groups is 1.